The van der Waals surface area contributed by atoms with E-state index in [0.29, 0.717) is 0 Å². The van der Waals surface area contributed by atoms with E-state index in [2.05, 4.69) is 0 Å². The van der Waals surface area contributed by atoms with Crippen LogP contribution < -0.4 is 0 Å². The zero-order valence-corrected chi connectivity index (χ0v) is 24.2. The summed E-state index contributed by atoms with van der Waals surface area (Å²) >= 11 is 0. The highest BCUT2D eigenvalue weighted by atomic mass is 19.4. The topological polar surface area (TPSA) is 37.3 Å². The van der Waals surface area contributed by atoms with Gasteiger partial charge in [-0.25, -0.2) is 0 Å². The molecule has 0 amide bonds. The Labute approximate surface area is 282 Å². The predicted molar refractivity (Wildman–Crippen MR) is 108 cm³/mol. The number of carbonyl (C=O) groups is 1. The van der Waals surface area contributed by atoms with E-state index < -0.39 is 130 Å². The minimum absolute atomic E-state index is 1.12. The Hall–Kier alpha value is -3.55. The summed E-state index contributed by atoms with van der Waals surface area (Å²) < 4.78 is 431. The summed E-state index contributed by atoms with van der Waals surface area (Å²) in [5, 5.41) is 9.25. The third-order valence-corrected chi connectivity index (χ3v) is 6.93. The molecule has 34 heteroatoms. The van der Waals surface area contributed by atoms with Crippen LogP contribution in [0, 0.1) is 0 Å². The molecule has 1 aromatic rings. The zero-order chi connectivity index (χ0) is 45.9. The normalized spacial score (nSPS) is 16.4. The largest absolute Gasteiger partial charge is 0.507 e. The molecule has 0 fully saturated rings. The van der Waals surface area contributed by atoms with Crippen molar-refractivity contribution in [1.82, 2.24) is 0 Å². The number of alkyl halides is 32. The van der Waals surface area contributed by atoms with Crippen molar-refractivity contribution in [1.29, 1.82) is 0 Å². The Kier molecular flexibility index (Phi) is 11.5. The molecule has 0 aliphatic rings. The van der Waals surface area contributed by atoms with E-state index in [1.807, 2.05) is 0 Å². The van der Waals surface area contributed by atoms with E-state index in [1.165, 1.54) is 0 Å². The molecule has 0 radical (unpaired) electrons. The summed E-state index contributed by atoms with van der Waals surface area (Å²) in [5.74, 6) is -123. The quantitative estimate of drug-likeness (QED) is 0.149. The van der Waals surface area contributed by atoms with Crippen LogP contribution in [0.1, 0.15) is 15.9 Å². The molecule has 0 bridgehead atoms. The Morgan fingerprint density at radius 2 is 0.607 bits per heavy atom. The van der Waals surface area contributed by atoms with Crippen LogP contribution in [0.3, 0.4) is 0 Å². The fraction of sp³-hybridized carbons (Fsp3) is 0.682. The molecule has 56 heavy (non-hydrogen) atoms. The molecule has 0 spiro atoms. The molecule has 0 aliphatic heterocycles. The van der Waals surface area contributed by atoms with Crippen LogP contribution in [-0.2, 0) is 5.92 Å². The molecule has 0 heterocycles. The molecule has 328 valence electrons. The minimum Gasteiger partial charge on any atom is -0.507 e. The summed E-state index contributed by atoms with van der Waals surface area (Å²) in [6, 6.07) is -4.37. The highest BCUT2D eigenvalue weighted by Crippen LogP contribution is 2.66. The monoisotopic (exact) mass is 908 g/mol. The van der Waals surface area contributed by atoms with Crippen molar-refractivity contribution >= 4 is 5.78 Å². The van der Waals surface area contributed by atoms with E-state index in [1.54, 1.807) is 0 Å². The third kappa shape index (κ3) is 6.08. The van der Waals surface area contributed by atoms with Crippen molar-refractivity contribution < 1.29 is 150 Å². The van der Waals surface area contributed by atoms with E-state index >= 15 is 0 Å². The first kappa shape index (κ1) is 50.5. The van der Waals surface area contributed by atoms with Crippen molar-refractivity contribution in [2.75, 3.05) is 0 Å². The van der Waals surface area contributed by atoms with Crippen LogP contribution in [0.2, 0.25) is 0 Å². The van der Waals surface area contributed by atoms with Crippen molar-refractivity contribution in [3.8, 4) is 5.75 Å². The van der Waals surface area contributed by atoms with Gasteiger partial charge < -0.3 is 5.11 Å². The molecule has 1 N–H and O–H groups in total. The Morgan fingerprint density at radius 1 is 0.357 bits per heavy atom. The number of halogens is 32. The molecular formula is C22H4F32O2. The highest BCUT2D eigenvalue weighted by molar-refractivity contribution is 6.02. The van der Waals surface area contributed by atoms with Gasteiger partial charge in [-0.3, -0.25) is 4.79 Å². The summed E-state index contributed by atoms with van der Waals surface area (Å²) in [4.78, 5) is 11.9. The maximum Gasteiger partial charge on any atom is 0.460 e. The molecular weight excluding hydrogens is 904 g/mol. The minimum atomic E-state index is -9.34. The number of benzene rings is 1. The van der Waals surface area contributed by atoms with Gasteiger partial charge in [-0.1, -0.05) is 0 Å². The number of carbonyl (C=O) groups excluding carboxylic acids is 1. The molecule has 0 saturated heterocycles. The fourth-order valence-corrected chi connectivity index (χ4v) is 3.55. The molecule has 0 aliphatic carbocycles. The van der Waals surface area contributed by atoms with Crippen LogP contribution in [0.4, 0.5) is 140 Å². The van der Waals surface area contributed by atoms with Gasteiger partial charge in [0, 0.05) is 5.56 Å². The summed E-state index contributed by atoms with van der Waals surface area (Å²) in [7, 11) is 0. The maximum atomic E-state index is 14.6. The number of Topliss-reactive ketones (excluding diaryl/α,β-unsaturated/α-hetero) is 1. The molecule has 2 nitrogen and oxygen atoms in total. The van der Waals surface area contributed by atoms with Gasteiger partial charge in [0.1, 0.15) is 5.75 Å². The van der Waals surface area contributed by atoms with E-state index in [0.717, 1.165) is 0 Å². The molecule has 0 unspecified atom stereocenters. The van der Waals surface area contributed by atoms with Gasteiger partial charge >= 0.3 is 89.3 Å². The van der Waals surface area contributed by atoms with Gasteiger partial charge in [-0.15, -0.1) is 0 Å². The van der Waals surface area contributed by atoms with E-state index in [9.17, 15) is 150 Å². The molecule has 0 saturated carbocycles. The number of phenolic OH excluding ortho intramolecular Hbond substituents is 1. The Morgan fingerprint density at radius 3 is 0.893 bits per heavy atom. The average molecular weight is 908 g/mol. The van der Waals surface area contributed by atoms with Crippen LogP contribution >= 0.6 is 0 Å². The first-order chi connectivity index (χ1) is 23.8. The molecule has 1 aromatic carbocycles. The number of aromatic hydroxyl groups is 1. The van der Waals surface area contributed by atoms with Gasteiger partial charge in [0.25, 0.3) is 0 Å². The van der Waals surface area contributed by atoms with Crippen molar-refractivity contribution in [3.63, 3.8) is 0 Å². The van der Waals surface area contributed by atoms with Crippen molar-refractivity contribution in [3.05, 3.63) is 29.3 Å². The fourth-order valence-electron chi connectivity index (χ4n) is 3.55. The first-order valence-corrected chi connectivity index (χ1v) is 12.2. The van der Waals surface area contributed by atoms with Gasteiger partial charge in [0.05, 0.1) is 5.56 Å². The maximum absolute atomic E-state index is 14.6. The second-order valence-corrected chi connectivity index (χ2v) is 10.5. The standard InChI is InChI=1S/C22H4F32O2/c23-8(24,10(27,28)12(31,32)14(35,36)16(39,40)18(43,44)20(47,48)22(52,53)54)5-3-4(1-2-6(5)55)7(56)9(25,26)11(29,30)13(33,34)15(37,38)17(41,42)19(45,46)21(49,50)51/h1-3,55H. The van der Waals surface area contributed by atoms with Crippen LogP contribution in [0.5, 0.6) is 5.75 Å². The van der Waals surface area contributed by atoms with Crippen molar-refractivity contribution in [2.24, 2.45) is 0 Å². The number of rotatable bonds is 14. The van der Waals surface area contributed by atoms with Gasteiger partial charge in [0.15, 0.2) is 0 Å². The van der Waals surface area contributed by atoms with Crippen LogP contribution in [0.25, 0.3) is 0 Å². The van der Waals surface area contributed by atoms with Crippen molar-refractivity contribution in [2.45, 2.75) is 89.3 Å². The summed E-state index contributed by atoms with van der Waals surface area (Å²) in [6.07, 6.45) is -16.3. The van der Waals surface area contributed by atoms with Gasteiger partial charge in [0.2, 0.25) is 5.78 Å². The summed E-state index contributed by atoms with van der Waals surface area (Å²) in [5.41, 5.74) is -7.46. The smallest absolute Gasteiger partial charge is 0.460 e. The van der Waals surface area contributed by atoms with E-state index in [-0.39, 0.29) is 0 Å². The number of phenols is 1. The lowest BCUT2D eigenvalue weighted by molar-refractivity contribution is -0.462. The predicted octanol–water partition coefficient (Wildman–Crippen LogP) is 11.4. The lowest BCUT2D eigenvalue weighted by Gasteiger charge is -2.43. The second-order valence-electron chi connectivity index (χ2n) is 10.5. The molecule has 0 atom stereocenters. The van der Waals surface area contributed by atoms with Crippen LogP contribution in [-0.4, -0.2) is 94.3 Å². The van der Waals surface area contributed by atoms with E-state index in [4.69, 9.17) is 0 Å². The first-order valence-electron chi connectivity index (χ1n) is 12.2. The van der Waals surface area contributed by atoms with Crippen LogP contribution in [0.15, 0.2) is 18.2 Å². The average Bonchev–Trinajstić information content (AvgIpc) is 2.98. The van der Waals surface area contributed by atoms with Gasteiger partial charge in [-0.05, 0) is 18.2 Å². The Balaban J connectivity index is 4.01. The second kappa shape index (κ2) is 12.7. The molecule has 1 rings (SSSR count). The third-order valence-electron chi connectivity index (χ3n) is 6.93. The number of hydrogen-bond donors (Lipinski definition) is 1. The number of ketones is 1. The lowest BCUT2D eigenvalue weighted by Crippen LogP contribution is -2.74. The molecule has 0 aromatic heterocycles. The highest BCUT2D eigenvalue weighted by Gasteiger charge is 2.96. The lowest BCUT2D eigenvalue weighted by atomic mass is 9.85. The zero-order valence-electron chi connectivity index (χ0n) is 24.2. The SMILES string of the molecule is O=C(c1ccc(O)c(C(F)(F)C(F)(F)C(F)(F)C(F)(F)C(F)(F)C(F)(F)C(F)(F)C(F)(F)F)c1)C(F)(F)C(F)(F)C(F)(F)C(F)(F)C(F)(F)C(F)(F)C(F)(F)F. The summed E-state index contributed by atoms with van der Waals surface area (Å²) in [6.45, 7) is 0. The van der Waals surface area contributed by atoms with Gasteiger partial charge in [-0.2, -0.15) is 140 Å². The number of hydrogen-bond acceptors (Lipinski definition) is 2. The Bertz CT molecular complexity index is 1640.